The molecule has 0 aliphatic carbocycles. The first-order chi connectivity index (χ1) is 13.3. The first kappa shape index (κ1) is 21.8. The highest BCUT2D eigenvalue weighted by Gasteiger charge is 2.18. The maximum atomic E-state index is 12.1. The summed E-state index contributed by atoms with van der Waals surface area (Å²) in [6.45, 7) is 11.1. The van der Waals surface area contributed by atoms with Gasteiger partial charge in [0.15, 0.2) is 6.61 Å². The number of ether oxygens (including phenoxy) is 2. The van der Waals surface area contributed by atoms with E-state index in [2.05, 4.69) is 38.2 Å². The molecule has 0 atom stereocenters. The van der Waals surface area contributed by atoms with E-state index < -0.39 is 0 Å². The van der Waals surface area contributed by atoms with E-state index in [1.807, 2.05) is 50.2 Å². The molecule has 0 fully saturated rings. The van der Waals surface area contributed by atoms with Crippen molar-refractivity contribution in [1.82, 2.24) is 5.32 Å². The average molecular weight is 384 g/mol. The second-order valence-electron chi connectivity index (χ2n) is 8.30. The number of rotatable bonds is 9. The third-order valence-electron chi connectivity index (χ3n) is 4.31. The van der Waals surface area contributed by atoms with Gasteiger partial charge in [0.05, 0.1) is 6.10 Å². The molecule has 0 saturated carbocycles. The van der Waals surface area contributed by atoms with Crippen molar-refractivity contribution in [2.45, 2.75) is 59.0 Å². The molecule has 0 bridgehead atoms. The zero-order valence-corrected chi connectivity index (χ0v) is 17.7. The van der Waals surface area contributed by atoms with Crippen LogP contribution in [0.1, 0.15) is 52.2 Å². The van der Waals surface area contributed by atoms with Crippen LogP contribution in [0, 0.1) is 0 Å². The van der Waals surface area contributed by atoms with Crippen LogP contribution >= 0.6 is 0 Å². The second kappa shape index (κ2) is 10.2. The third-order valence-corrected chi connectivity index (χ3v) is 4.31. The van der Waals surface area contributed by atoms with Crippen molar-refractivity contribution in [3.8, 4) is 11.5 Å². The van der Waals surface area contributed by atoms with Gasteiger partial charge in [0.2, 0.25) is 0 Å². The van der Waals surface area contributed by atoms with Crippen molar-refractivity contribution in [1.29, 1.82) is 0 Å². The summed E-state index contributed by atoms with van der Waals surface area (Å²) in [5.41, 5.74) is 2.32. The van der Waals surface area contributed by atoms with Crippen molar-refractivity contribution in [3.05, 3.63) is 59.7 Å². The molecular formula is C24H33NO3. The van der Waals surface area contributed by atoms with Gasteiger partial charge >= 0.3 is 0 Å². The molecule has 4 heteroatoms. The second-order valence-corrected chi connectivity index (χ2v) is 8.30. The molecule has 2 rings (SSSR count). The molecule has 0 heterocycles. The van der Waals surface area contributed by atoms with E-state index in [1.54, 1.807) is 0 Å². The molecule has 0 saturated heterocycles. The summed E-state index contributed by atoms with van der Waals surface area (Å²) in [5, 5.41) is 2.93. The number of hydrogen-bond donors (Lipinski definition) is 1. The van der Waals surface area contributed by atoms with Crippen LogP contribution in [0.3, 0.4) is 0 Å². The lowest BCUT2D eigenvalue weighted by atomic mass is 9.86. The smallest absolute Gasteiger partial charge is 0.257 e. The number of para-hydroxylation sites is 1. The van der Waals surface area contributed by atoms with Gasteiger partial charge in [-0.2, -0.15) is 0 Å². The molecule has 0 aliphatic rings. The van der Waals surface area contributed by atoms with Crippen LogP contribution in [-0.2, 0) is 16.6 Å². The van der Waals surface area contributed by atoms with Gasteiger partial charge in [0.25, 0.3) is 5.91 Å². The van der Waals surface area contributed by atoms with Crippen molar-refractivity contribution in [2.75, 3.05) is 13.2 Å². The predicted octanol–water partition coefficient (Wildman–Crippen LogP) is 4.90. The van der Waals surface area contributed by atoms with E-state index >= 15 is 0 Å². The normalized spacial score (nSPS) is 11.4. The van der Waals surface area contributed by atoms with Gasteiger partial charge < -0.3 is 14.8 Å². The number of carbonyl (C=O) groups is 1. The number of amides is 1. The van der Waals surface area contributed by atoms with E-state index in [1.165, 1.54) is 5.56 Å². The van der Waals surface area contributed by atoms with Crippen molar-refractivity contribution >= 4 is 5.91 Å². The maximum absolute atomic E-state index is 12.1. The maximum Gasteiger partial charge on any atom is 0.257 e. The van der Waals surface area contributed by atoms with Crippen molar-refractivity contribution in [3.63, 3.8) is 0 Å². The quantitative estimate of drug-likeness (QED) is 0.627. The number of benzene rings is 2. The highest BCUT2D eigenvalue weighted by atomic mass is 16.5. The van der Waals surface area contributed by atoms with Crippen LogP contribution in [0.2, 0.25) is 0 Å². The highest BCUT2D eigenvalue weighted by molar-refractivity contribution is 5.77. The molecule has 4 nitrogen and oxygen atoms in total. The number of carbonyl (C=O) groups excluding carboxylic acids is 1. The summed E-state index contributed by atoms with van der Waals surface area (Å²) < 4.78 is 11.4. The Morgan fingerprint density at radius 1 is 1.04 bits per heavy atom. The Morgan fingerprint density at radius 2 is 1.71 bits per heavy atom. The molecule has 1 amide bonds. The highest BCUT2D eigenvalue weighted by Crippen LogP contribution is 2.30. The minimum Gasteiger partial charge on any atom is -0.491 e. The van der Waals surface area contributed by atoms with Crippen molar-refractivity contribution in [2.24, 2.45) is 0 Å². The van der Waals surface area contributed by atoms with Crippen LogP contribution in [0.4, 0.5) is 0 Å². The lowest BCUT2D eigenvalue weighted by Gasteiger charge is -2.22. The topological polar surface area (TPSA) is 47.6 Å². The van der Waals surface area contributed by atoms with Gasteiger partial charge in [-0.05, 0) is 61.4 Å². The Labute approximate surface area is 169 Å². The molecule has 0 aromatic heterocycles. The van der Waals surface area contributed by atoms with E-state index in [9.17, 15) is 4.79 Å². The van der Waals surface area contributed by atoms with E-state index in [4.69, 9.17) is 9.47 Å². The summed E-state index contributed by atoms with van der Waals surface area (Å²) in [6.07, 6.45) is 1.98. The lowest BCUT2D eigenvalue weighted by Crippen LogP contribution is -2.30. The largest absolute Gasteiger partial charge is 0.491 e. The van der Waals surface area contributed by atoms with Crippen LogP contribution in [-0.4, -0.2) is 25.2 Å². The van der Waals surface area contributed by atoms with Crippen LogP contribution in [0.15, 0.2) is 48.5 Å². The van der Waals surface area contributed by atoms with Gasteiger partial charge in [-0.15, -0.1) is 0 Å². The van der Waals surface area contributed by atoms with Gasteiger partial charge in [0.1, 0.15) is 11.5 Å². The zero-order chi connectivity index (χ0) is 20.6. The molecule has 0 aliphatic heterocycles. The molecule has 28 heavy (non-hydrogen) atoms. The lowest BCUT2D eigenvalue weighted by molar-refractivity contribution is -0.123. The summed E-state index contributed by atoms with van der Waals surface area (Å²) in [4.78, 5) is 12.1. The molecule has 2 aromatic carbocycles. The first-order valence-electron chi connectivity index (χ1n) is 10.0. The molecule has 0 unspecified atom stereocenters. The minimum atomic E-state index is -0.0932. The van der Waals surface area contributed by atoms with E-state index in [0.717, 1.165) is 29.9 Å². The monoisotopic (exact) mass is 383 g/mol. The Balaban J connectivity index is 1.71. The van der Waals surface area contributed by atoms with Crippen LogP contribution in [0.25, 0.3) is 0 Å². The summed E-state index contributed by atoms with van der Waals surface area (Å²) in [7, 11) is 0. The Kier molecular flexibility index (Phi) is 7.91. The number of aryl methyl sites for hydroxylation is 1. The SMILES string of the molecule is CC(C)Oc1ccc(CCCNC(=O)COc2ccccc2C(C)(C)C)cc1. The van der Waals surface area contributed by atoms with Crippen LogP contribution in [0.5, 0.6) is 11.5 Å². The minimum absolute atomic E-state index is 0.0250. The molecular weight excluding hydrogens is 350 g/mol. The van der Waals surface area contributed by atoms with Gasteiger partial charge in [-0.3, -0.25) is 4.79 Å². The van der Waals surface area contributed by atoms with Crippen LogP contribution < -0.4 is 14.8 Å². The average Bonchev–Trinajstić information content (AvgIpc) is 2.64. The van der Waals surface area contributed by atoms with Gasteiger partial charge in [-0.25, -0.2) is 0 Å². The summed E-state index contributed by atoms with van der Waals surface area (Å²) in [5.74, 6) is 1.57. The summed E-state index contributed by atoms with van der Waals surface area (Å²) >= 11 is 0. The van der Waals surface area contributed by atoms with Gasteiger partial charge in [-0.1, -0.05) is 51.1 Å². The molecule has 0 radical (unpaired) electrons. The number of nitrogens with one attached hydrogen (secondary N) is 1. The Morgan fingerprint density at radius 3 is 2.36 bits per heavy atom. The van der Waals surface area contributed by atoms with Crippen molar-refractivity contribution < 1.29 is 14.3 Å². The summed E-state index contributed by atoms with van der Waals surface area (Å²) in [6, 6.07) is 16.0. The molecule has 1 N–H and O–H groups in total. The number of hydrogen-bond acceptors (Lipinski definition) is 3. The fraction of sp³-hybridized carbons (Fsp3) is 0.458. The molecule has 152 valence electrons. The predicted molar refractivity (Wildman–Crippen MR) is 114 cm³/mol. The Hall–Kier alpha value is -2.49. The standard InChI is InChI=1S/C24H33NO3/c1-18(2)28-20-14-12-19(13-15-20)9-8-16-25-23(26)17-27-22-11-7-6-10-21(22)24(3,4)5/h6-7,10-15,18H,8-9,16-17H2,1-5H3,(H,25,26). The van der Waals surface area contributed by atoms with Gasteiger partial charge in [0, 0.05) is 6.54 Å². The molecule has 0 spiro atoms. The Bertz CT molecular complexity index is 745. The fourth-order valence-electron chi connectivity index (χ4n) is 2.93. The first-order valence-corrected chi connectivity index (χ1v) is 10.0. The van der Waals surface area contributed by atoms with E-state index in [0.29, 0.717) is 6.54 Å². The third kappa shape index (κ3) is 7.26. The van der Waals surface area contributed by atoms with E-state index in [-0.39, 0.29) is 24.0 Å². The molecule has 2 aromatic rings. The zero-order valence-electron chi connectivity index (χ0n) is 17.7. The fourth-order valence-corrected chi connectivity index (χ4v) is 2.93.